The molecular weight excluding hydrogens is 449 g/mol. The van der Waals surface area contributed by atoms with Crippen molar-refractivity contribution in [3.05, 3.63) is 57.6 Å². The van der Waals surface area contributed by atoms with E-state index in [0.29, 0.717) is 17.1 Å². The zero-order chi connectivity index (χ0) is 21.8. The maximum atomic E-state index is 13.1. The van der Waals surface area contributed by atoms with Crippen LogP contribution in [0.5, 0.6) is 11.5 Å². The van der Waals surface area contributed by atoms with Crippen LogP contribution >= 0.6 is 35.4 Å². The Morgan fingerprint density at radius 1 is 1.23 bits per heavy atom. The molecule has 3 rings (SSSR count). The van der Waals surface area contributed by atoms with Gasteiger partial charge in [0.15, 0.2) is 23.2 Å². The second kappa shape index (κ2) is 9.13. The SMILES string of the molecule is COc1cc(/C=C2\C(=O)NC(=S)N(c3cccc(Cl)c3Cl)C2=O)ccc1OCC#N. The van der Waals surface area contributed by atoms with Crippen molar-refractivity contribution in [2.45, 2.75) is 0 Å². The summed E-state index contributed by atoms with van der Waals surface area (Å²) in [6, 6.07) is 11.4. The average molecular weight is 462 g/mol. The van der Waals surface area contributed by atoms with Gasteiger partial charge >= 0.3 is 0 Å². The number of nitriles is 1. The molecule has 2 aromatic carbocycles. The summed E-state index contributed by atoms with van der Waals surface area (Å²) in [6.45, 7) is -0.148. The lowest BCUT2D eigenvalue weighted by atomic mass is 10.1. The average Bonchev–Trinajstić information content (AvgIpc) is 2.72. The number of halogens is 2. The summed E-state index contributed by atoms with van der Waals surface area (Å²) >= 11 is 17.4. The monoisotopic (exact) mass is 461 g/mol. The van der Waals surface area contributed by atoms with Gasteiger partial charge in [-0.05, 0) is 48.1 Å². The van der Waals surface area contributed by atoms with Gasteiger partial charge in [-0.25, -0.2) is 0 Å². The minimum Gasteiger partial charge on any atom is -0.493 e. The Morgan fingerprint density at radius 2 is 2.00 bits per heavy atom. The number of methoxy groups -OCH3 is 1. The first-order valence-corrected chi connectivity index (χ1v) is 9.57. The number of nitrogens with one attached hydrogen (secondary N) is 1. The number of thiocarbonyl (C=S) groups is 1. The molecule has 0 saturated carbocycles. The van der Waals surface area contributed by atoms with Crippen LogP contribution in [0.1, 0.15) is 5.56 Å². The predicted molar refractivity (Wildman–Crippen MR) is 117 cm³/mol. The van der Waals surface area contributed by atoms with Crippen LogP contribution in [0.3, 0.4) is 0 Å². The quantitative estimate of drug-likeness (QED) is 0.414. The third kappa shape index (κ3) is 4.24. The molecule has 0 spiro atoms. The lowest BCUT2D eigenvalue weighted by molar-refractivity contribution is -0.122. The van der Waals surface area contributed by atoms with E-state index in [4.69, 9.17) is 50.2 Å². The minimum atomic E-state index is -0.656. The summed E-state index contributed by atoms with van der Waals surface area (Å²) in [6.07, 6.45) is 1.39. The number of ether oxygens (including phenoxy) is 2. The fraction of sp³-hybridized carbons (Fsp3) is 0.100. The first kappa shape index (κ1) is 21.6. The molecule has 0 bridgehead atoms. The molecule has 7 nitrogen and oxygen atoms in total. The van der Waals surface area contributed by atoms with Crippen molar-refractivity contribution < 1.29 is 19.1 Å². The molecule has 1 fully saturated rings. The zero-order valence-corrected chi connectivity index (χ0v) is 17.8. The second-order valence-electron chi connectivity index (χ2n) is 5.89. The van der Waals surface area contributed by atoms with Gasteiger partial charge in [-0.2, -0.15) is 5.26 Å². The van der Waals surface area contributed by atoms with Gasteiger partial charge in [0.25, 0.3) is 11.8 Å². The van der Waals surface area contributed by atoms with Crippen molar-refractivity contribution in [1.29, 1.82) is 5.26 Å². The Morgan fingerprint density at radius 3 is 2.70 bits per heavy atom. The van der Waals surface area contributed by atoms with E-state index < -0.39 is 11.8 Å². The Labute approximate surface area is 187 Å². The topological polar surface area (TPSA) is 91.7 Å². The third-order valence-electron chi connectivity index (χ3n) is 4.06. The highest BCUT2D eigenvalue weighted by Gasteiger charge is 2.35. The fourth-order valence-corrected chi connectivity index (χ4v) is 3.37. The molecular formula is C20H13Cl2N3O4S. The van der Waals surface area contributed by atoms with Gasteiger partial charge in [0.1, 0.15) is 11.6 Å². The molecule has 30 heavy (non-hydrogen) atoms. The summed E-state index contributed by atoms with van der Waals surface area (Å²) < 4.78 is 10.5. The lowest BCUT2D eigenvalue weighted by Gasteiger charge is -2.29. The van der Waals surface area contributed by atoms with Crippen LogP contribution in [0.2, 0.25) is 10.0 Å². The summed E-state index contributed by atoms with van der Waals surface area (Å²) in [4.78, 5) is 26.6. The van der Waals surface area contributed by atoms with Crippen LogP contribution < -0.4 is 19.7 Å². The molecule has 2 amide bonds. The molecule has 152 valence electrons. The summed E-state index contributed by atoms with van der Waals surface area (Å²) in [7, 11) is 1.44. The number of anilines is 1. The molecule has 1 aliphatic heterocycles. The van der Waals surface area contributed by atoms with Gasteiger partial charge in [0.05, 0.1) is 22.8 Å². The molecule has 0 aliphatic carbocycles. The summed E-state index contributed by atoms with van der Waals surface area (Å²) in [5.41, 5.74) is 0.593. The van der Waals surface area contributed by atoms with Crippen LogP contribution in [0, 0.1) is 11.3 Å². The van der Waals surface area contributed by atoms with Gasteiger partial charge in [-0.1, -0.05) is 35.3 Å². The van der Waals surface area contributed by atoms with Crippen molar-refractivity contribution in [3.8, 4) is 17.6 Å². The van der Waals surface area contributed by atoms with Crippen LogP contribution in [-0.4, -0.2) is 30.6 Å². The van der Waals surface area contributed by atoms with Crippen LogP contribution in [-0.2, 0) is 9.59 Å². The smallest absolute Gasteiger partial charge is 0.270 e. The van der Waals surface area contributed by atoms with E-state index in [-0.39, 0.29) is 33.0 Å². The van der Waals surface area contributed by atoms with Crippen molar-refractivity contribution >= 4 is 64.1 Å². The molecule has 0 atom stereocenters. The summed E-state index contributed by atoms with van der Waals surface area (Å²) in [5, 5.41) is 11.4. The van der Waals surface area contributed by atoms with E-state index >= 15 is 0 Å². The van der Waals surface area contributed by atoms with E-state index in [1.807, 2.05) is 6.07 Å². The van der Waals surface area contributed by atoms with Crippen LogP contribution in [0.4, 0.5) is 5.69 Å². The Balaban J connectivity index is 2.01. The molecule has 0 aromatic heterocycles. The Bertz CT molecular complexity index is 1130. The third-order valence-corrected chi connectivity index (χ3v) is 5.16. The zero-order valence-electron chi connectivity index (χ0n) is 15.4. The number of rotatable bonds is 5. The molecule has 1 saturated heterocycles. The highest BCUT2D eigenvalue weighted by Crippen LogP contribution is 2.35. The number of nitrogens with zero attached hydrogens (tertiary/aromatic N) is 2. The number of carbonyl (C=O) groups is 2. The van der Waals surface area contributed by atoms with E-state index in [1.165, 1.54) is 13.2 Å². The first-order chi connectivity index (χ1) is 14.4. The molecule has 1 N–H and O–H groups in total. The molecule has 0 unspecified atom stereocenters. The van der Waals surface area contributed by atoms with Crippen LogP contribution in [0.15, 0.2) is 42.0 Å². The number of hydrogen-bond donors (Lipinski definition) is 1. The Kier molecular flexibility index (Phi) is 6.57. The standard InChI is InChI=1S/C20H13Cl2N3O4S/c1-28-16-10-11(5-6-15(16)29-8-7-23)9-12-18(26)24-20(30)25(19(12)27)14-4-2-3-13(21)17(14)22/h2-6,9-10H,8H2,1H3,(H,24,26,30)/b12-9+. The van der Waals surface area contributed by atoms with Crippen molar-refractivity contribution in [2.24, 2.45) is 0 Å². The molecule has 1 aliphatic rings. The van der Waals surface area contributed by atoms with Gasteiger partial charge in [0, 0.05) is 0 Å². The largest absolute Gasteiger partial charge is 0.493 e. The lowest BCUT2D eigenvalue weighted by Crippen LogP contribution is -2.54. The van der Waals surface area contributed by atoms with E-state index in [1.54, 1.807) is 36.4 Å². The van der Waals surface area contributed by atoms with Crippen molar-refractivity contribution in [3.63, 3.8) is 0 Å². The number of carbonyl (C=O) groups excluding carboxylic acids is 2. The van der Waals surface area contributed by atoms with Gasteiger partial charge in [0.2, 0.25) is 0 Å². The maximum Gasteiger partial charge on any atom is 0.270 e. The van der Waals surface area contributed by atoms with Gasteiger partial charge in [-0.3, -0.25) is 19.8 Å². The Hall–Kier alpha value is -3.12. The highest BCUT2D eigenvalue weighted by molar-refractivity contribution is 7.80. The predicted octanol–water partition coefficient (Wildman–Crippen LogP) is 3.74. The van der Waals surface area contributed by atoms with Gasteiger partial charge < -0.3 is 9.47 Å². The fourth-order valence-electron chi connectivity index (χ4n) is 2.71. The summed E-state index contributed by atoms with van der Waals surface area (Å²) in [5.74, 6) is -0.609. The van der Waals surface area contributed by atoms with E-state index in [9.17, 15) is 9.59 Å². The second-order valence-corrected chi connectivity index (χ2v) is 7.06. The minimum absolute atomic E-state index is 0.107. The van der Waals surface area contributed by atoms with E-state index in [2.05, 4.69) is 5.32 Å². The maximum absolute atomic E-state index is 13.1. The van der Waals surface area contributed by atoms with E-state index in [0.717, 1.165) is 4.90 Å². The van der Waals surface area contributed by atoms with Crippen molar-refractivity contribution in [1.82, 2.24) is 5.32 Å². The molecule has 1 heterocycles. The number of benzene rings is 2. The first-order valence-electron chi connectivity index (χ1n) is 8.40. The van der Waals surface area contributed by atoms with Crippen LogP contribution in [0.25, 0.3) is 6.08 Å². The number of amides is 2. The van der Waals surface area contributed by atoms with Crippen molar-refractivity contribution in [2.75, 3.05) is 18.6 Å². The molecule has 0 radical (unpaired) electrons. The highest BCUT2D eigenvalue weighted by atomic mass is 35.5. The van der Waals surface area contributed by atoms with Gasteiger partial charge in [-0.15, -0.1) is 0 Å². The normalized spacial score (nSPS) is 15.1. The molecule has 10 heteroatoms. The number of hydrogen-bond acceptors (Lipinski definition) is 6. The molecule has 2 aromatic rings.